The van der Waals surface area contributed by atoms with Crippen LogP contribution in [0, 0.1) is 0 Å². The number of hydrogen-bond donors (Lipinski definition) is 1. The smallest absolute Gasteiger partial charge is 0.257 e. The fourth-order valence-corrected chi connectivity index (χ4v) is 4.18. The second-order valence-corrected chi connectivity index (χ2v) is 9.46. The van der Waals surface area contributed by atoms with Gasteiger partial charge in [0.25, 0.3) is 5.91 Å². The molecule has 1 atom stereocenters. The van der Waals surface area contributed by atoms with E-state index in [1.807, 2.05) is 19.9 Å². The number of carbonyl (C=O) groups excluding carboxylic acids is 1. The van der Waals surface area contributed by atoms with Crippen LogP contribution >= 0.6 is 11.6 Å². The van der Waals surface area contributed by atoms with Crippen molar-refractivity contribution in [3.05, 3.63) is 46.5 Å². The van der Waals surface area contributed by atoms with Gasteiger partial charge < -0.3 is 14.8 Å². The Bertz CT molecular complexity index is 1050. The van der Waals surface area contributed by atoms with Crippen LogP contribution in [0.2, 0.25) is 5.02 Å². The number of hydrogen-bond acceptors (Lipinski definition) is 5. The molecule has 0 aliphatic carbocycles. The average Bonchev–Trinajstić information content (AvgIpc) is 3.01. The summed E-state index contributed by atoms with van der Waals surface area (Å²) in [5.41, 5.74) is 1.49. The SMILES string of the molecule is CCOc1cc2c(cc1NC(=O)c1cc(S(=O)(=O)N(C)C)ccc1Cl)O[C@@H](C)C2. The lowest BCUT2D eigenvalue weighted by Crippen LogP contribution is -2.23. The summed E-state index contributed by atoms with van der Waals surface area (Å²) in [6.45, 7) is 4.24. The monoisotopic (exact) mass is 438 g/mol. The van der Waals surface area contributed by atoms with E-state index in [4.69, 9.17) is 21.1 Å². The zero-order valence-electron chi connectivity index (χ0n) is 16.7. The maximum absolute atomic E-state index is 12.9. The summed E-state index contributed by atoms with van der Waals surface area (Å²) in [7, 11) is -0.863. The number of anilines is 1. The molecule has 29 heavy (non-hydrogen) atoms. The van der Waals surface area contributed by atoms with Crippen LogP contribution in [-0.4, -0.2) is 45.4 Å². The molecule has 1 N–H and O–H groups in total. The van der Waals surface area contributed by atoms with Crippen molar-refractivity contribution in [1.82, 2.24) is 4.31 Å². The Hall–Kier alpha value is -2.29. The second-order valence-electron chi connectivity index (χ2n) is 6.90. The minimum absolute atomic E-state index is 0.0202. The normalized spacial score (nSPS) is 15.7. The third kappa shape index (κ3) is 4.34. The first-order valence-corrected chi connectivity index (χ1v) is 10.9. The van der Waals surface area contributed by atoms with Gasteiger partial charge in [0.15, 0.2) is 0 Å². The maximum atomic E-state index is 12.9. The van der Waals surface area contributed by atoms with E-state index in [1.165, 1.54) is 32.3 Å². The Labute approximate surface area is 175 Å². The van der Waals surface area contributed by atoms with Gasteiger partial charge in [-0.3, -0.25) is 4.79 Å². The fraction of sp³-hybridized carbons (Fsp3) is 0.350. The van der Waals surface area contributed by atoms with Crippen molar-refractivity contribution in [1.29, 1.82) is 0 Å². The highest BCUT2D eigenvalue weighted by molar-refractivity contribution is 7.89. The molecule has 0 spiro atoms. The maximum Gasteiger partial charge on any atom is 0.257 e. The molecule has 0 radical (unpaired) electrons. The summed E-state index contributed by atoms with van der Waals surface area (Å²) in [5.74, 6) is 0.662. The molecule has 2 aromatic rings. The summed E-state index contributed by atoms with van der Waals surface area (Å²) < 4.78 is 37.3. The minimum atomic E-state index is -3.70. The number of halogens is 1. The minimum Gasteiger partial charge on any atom is -0.492 e. The highest BCUT2D eigenvalue weighted by atomic mass is 35.5. The number of nitrogens with one attached hydrogen (secondary N) is 1. The molecule has 7 nitrogen and oxygen atoms in total. The molecule has 156 valence electrons. The zero-order chi connectivity index (χ0) is 21.3. The van der Waals surface area contributed by atoms with Crippen LogP contribution in [0.5, 0.6) is 11.5 Å². The highest BCUT2D eigenvalue weighted by Crippen LogP contribution is 2.38. The van der Waals surface area contributed by atoms with E-state index in [0.717, 1.165) is 16.3 Å². The molecule has 1 amide bonds. The Morgan fingerprint density at radius 1 is 1.31 bits per heavy atom. The quantitative estimate of drug-likeness (QED) is 0.745. The van der Waals surface area contributed by atoms with Gasteiger partial charge in [-0.15, -0.1) is 0 Å². The third-order valence-corrected chi connectivity index (χ3v) is 6.65. The van der Waals surface area contributed by atoms with Crippen LogP contribution < -0.4 is 14.8 Å². The summed E-state index contributed by atoms with van der Waals surface area (Å²) in [5, 5.41) is 2.91. The predicted octanol–water partition coefficient (Wildman–Crippen LogP) is 3.56. The lowest BCUT2D eigenvalue weighted by atomic mass is 10.1. The second kappa shape index (κ2) is 8.22. The average molecular weight is 439 g/mol. The topological polar surface area (TPSA) is 84.9 Å². The lowest BCUT2D eigenvalue weighted by molar-refractivity contribution is 0.102. The van der Waals surface area contributed by atoms with E-state index in [9.17, 15) is 13.2 Å². The molecule has 1 heterocycles. The molecule has 0 unspecified atom stereocenters. The molecule has 0 fully saturated rings. The molecular weight excluding hydrogens is 416 g/mol. The van der Waals surface area contributed by atoms with E-state index in [1.54, 1.807) is 6.07 Å². The van der Waals surface area contributed by atoms with Crippen LogP contribution in [0.4, 0.5) is 5.69 Å². The van der Waals surface area contributed by atoms with Crippen molar-refractivity contribution in [3.63, 3.8) is 0 Å². The fourth-order valence-electron chi connectivity index (χ4n) is 3.05. The number of carbonyl (C=O) groups is 1. The van der Waals surface area contributed by atoms with E-state index in [2.05, 4.69) is 5.32 Å². The molecule has 1 aliphatic rings. The van der Waals surface area contributed by atoms with Crippen molar-refractivity contribution in [2.24, 2.45) is 0 Å². The van der Waals surface area contributed by atoms with Crippen LogP contribution in [0.25, 0.3) is 0 Å². The van der Waals surface area contributed by atoms with Crippen LogP contribution in [0.15, 0.2) is 35.2 Å². The third-order valence-electron chi connectivity index (χ3n) is 4.51. The first kappa shape index (κ1) is 21.4. The Balaban J connectivity index is 1.96. The summed E-state index contributed by atoms with van der Waals surface area (Å²) in [6, 6.07) is 7.59. The molecule has 9 heteroatoms. The molecule has 0 bridgehead atoms. The van der Waals surface area contributed by atoms with Crippen molar-refractivity contribution in [3.8, 4) is 11.5 Å². The van der Waals surface area contributed by atoms with Gasteiger partial charge in [0, 0.05) is 32.1 Å². The number of nitrogens with zero attached hydrogens (tertiary/aromatic N) is 1. The molecule has 0 saturated heterocycles. The van der Waals surface area contributed by atoms with Gasteiger partial charge in [-0.25, -0.2) is 12.7 Å². The Morgan fingerprint density at radius 3 is 2.69 bits per heavy atom. The van der Waals surface area contributed by atoms with Crippen molar-refractivity contribution < 1.29 is 22.7 Å². The number of ether oxygens (including phenoxy) is 2. The number of rotatable bonds is 6. The van der Waals surface area contributed by atoms with Crippen molar-refractivity contribution >= 4 is 33.2 Å². The highest BCUT2D eigenvalue weighted by Gasteiger charge is 2.24. The van der Waals surface area contributed by atoms with Crippen LogP contribution in [0.3, 0.4) is 0 Å². The molecule has 0 saturated carbocycles. The predicted molar refractivity (Wildman–Crippen MR) is 112 cm³/mol. The number of benzene rings is 2. The molecule has 0 aromatic heterocycles. The number of amides is 1. The lowest BCUT2D eigenvalue weighted by Gasteiger charge is -2.15. The van der Waals surface area contributed by atoms with E-state index < -0.39 is 15.9 Å². The van der Waals surface area contributed by atoms with Crippen LogP contribution in [0.1, 0.15) is 29.8 Å². The number of sulfonamides is 1. The van der Waals surface area contributed by atoms with E-state index >= 15 is 0 Å². The van der Waals surface area contributed by atoms with Gasteiger partial charge in [0.05, 0.1) is 27.8 Å². The largest absolute Gasteiger partial charge is 0.492 e. The summed E-state index contributed by atoms with van der Waals surface area (Å²) >= 11 is 6.18. The van der Waals surface area contributed by atoms with Gasteiger partial charge in [0.2, 0.25) is 10.0 Å². The Morgan fingerprint density at radius 2 is 2.03 bits per heavy atom. The van der Waals surface area contributed by atoms with Gasteiger partial charge in [0.1, 0.15) is 17.6 Å². The Kier molecular flexibility index (Phi) is 6.07. The summed E-state index contributed by atoms with van der Waals surface area (Å²) in [6.07, 6.45) is 0.813. The van der Waals surface area contributed by atoms with Gasteiger partial charge in [-0.2, -0.15) is 0 Å². The van der Waals surface area contributed by atoms with Crippen molar-refractivity contribution in [2.45, 2.75) is 31.3 Å². The summed E-state index contributed by atoms with van der Waals surface area (Å²) in [4.78, 5) is 12.9. The first-order valence-electron chi connectivity index (χ1n) is 9.13. The first-order chi connectivity index (χ1) is 13.6. The molecule has 1 aliphatic heterocycles. The van der Waals surface area contributed by atoms with Crippen LogP contribution in [-0.2, 0) is 16.4 Å². The molecule has 3 rings (SSSR count). The van der Waals surface area contributed by atoms with Gasteiger partial charge >= 0.3 is 0 Å². The zero-order valence-corrected chi connectivity index (χ0v) is 18.2. The standard InChI is InChI=1S/C20H23ClN2O5S/c1-5-27-19-9-13-8-12(2)28-18(13)11-17(19)22-20(24)15-10-14(6-7-16(15)21)29(25,26)23(3)4/h6-7,9-12H,5,8H2,1-4H3,(H,22,24)/t12-/m0/s1. The van der Waals surface area contributed by atoms with Gasteiger partial charge in [-0.1, -0.05) is 11.6 Å². The van der Waals surface area contributed by atoms with Gasteiger partial charge in [-0.05, 0) is 38.1 Å². The molecule has 2 aromatic carbocycles. The van der Waals surface area contributed by atoms with E-state index in [0.29, 0.717) is 23.8 Å². The number of fused-ring (bicyclic) bond motifs is 1. The van der Waals surface area contributed by atoms with Crippen molar-refractivity contribution in [2.75, 3.05) is 26.0 Å². The molecular formula is C20H23ClN2O5S. The van der Waals surface area contributed by atoms with E-state index in [-0.39, 0.29) is 21.6 Å².